The van der Waals surface area contributed by atoms with Crippen molar-refractivity contribution in [1.82, 2.24) is 20.1 Å². The number of hydrogen-bond acceptors (Lipinski definition) is 3. The number of aromatic nitrogens is 3. The summed E-state index contributed by atoms with van der Waals surface area (Å²) in [6, 6.07) is 0. The average molecular weight is 220 g/mol. The van der Waals surface area contributed by atoms with Crippen LogP contribution < -0.4 is 5.32 Å². The van der Waals surface area contributed by atoms with E-state index in [0.29, 0.717) is 12.5 Å². The van der Waals surface area contributed by atoms with E-state index in [1.807, 2.05) is 6.92 Å². The maximum atomic E-state index is 11.1. The second-order valence-electron chi connectivity index (χ2n) is 4.13. The molecule has 1 N–H and O–H groups in total. The van der Waals surface area contributed by atoms with Crippen molar-refractivity contribution in [2.24, 2.45) is 5.92 Å². The number of nitrogens with zero attached hydrogens (tertiary/aromatic N) is 3. The predicted octanol–water partition coefficient (Wildman–Crippen LogP) is 0.451. The maximum absolute atomic E-state index is 11.1. The summed E-state index contributed by atoms with van der Waals surface area (Å²) < 4.78 is 2.13. The van der Waals surface area contributed by atoms with Gasteiger partial charge in [-0.3, -0.25) is 4.79 Å². The Kier molecular flexibility index (Phi) is 3.03. The summed E-state index contributed by atoms with van der Waals surface area (Å²) in [5.41, 5.74) is 0. The molecule has 0 aromatic carbocycles. The van der Waals surface area contributed by atoms with Crippen molar-refractivity contribution in [2.75, 3.05) is 6.54 Å². The van der Waals surface area contributed by atoms with Crippen LogP contribution in [0.2, 0.25) is 0 Å². The van der Waals surface area contributed by atoms with E-state index in [1.54, 1.807) is 0 Å². The van der Waals surface area contributed by atoms with Crippen LogP contribution in [-0.4, -0.2) is 27.2 Å². The largest absolute Gasteiger partial charge is 0.352 e. The standard InChI is InChI=1S/C11H16N4O/c1-3-11(16)12-6-9-4-5-10-14-13-8(2)15(10)7-9/h3,9H,1,4-7H2,2H3,(H,12,16). The molecule has 1 unspecified atom stereocenters. The fourth-order valence-corrected chi connectivity index (χ4v) is 2.01. The fraction of sp³-hybridized carbons (Fsp3) is 0.545. The minimum Gasteiger partial charge on any atom is -0.352 e. The monoisotopic (exact) mass is 220 g/mol. The molecule has 0 bridgehead atoms. The molecule has 1 amide bonds. The molecule has 0 spiro atoms. The number of aryl methyl sites for hydroxylation is 2. The topological polar surface area (TPSA) is 59.8 Å². The number of amides is 1. The van der Waals surface area contributed by atoms with Gasteiger partial charge in [-0.05, 0) is 25.3 Å². The van der Waals surface area contributed by atoms with Crippen molar-refractivity contribution in [3.8, 4) is 0 Å². The van der Waals surface area contributed by atoms with E-state index in [2.05, 4.69) is 26.7 Å². The van der Waals surface area contributed by atoms with E-state index in [0.717, 1.165) is 31.0 Å². The van der Waals surface area contributed by atoms with Crippen LogP contribution in [0.4, 0.5) is 0 Å². The van der Waals surface area contributed by atoms with Gasteiger partial charge in [-0.2, -0.15) is 0 Å². The Morgan fingerprint density at radius 3 is 3.25 bits per heavy atom. The zero-order chi connectivity index (χ0) is 11.5. The molecule has 0 saturated heterocycles. The Bertz CT molecular complexity index is 410. The first kappa shape index (κ1) is 10.9. The maximum Gasteiger partial charge on any atom is 0.243 e. The highest BCUT2D eigenvalue weighted by atomic mass is 16.1. The molecule has 5 nitrogen and oxygen atoms in total. The molecule has 0 radical (unpaired) electrons. The molecule has 1 aliphatic heterocycles. The van der Waals surface area contributed by atoms with Gasteiger partial charge in [0.15, 0.2) is 0 Å². The first-order valence-electron chi connectivity index (χ1n) is 5.49. The van der Waals surface area contributed by atoms with Gasteiger partial charge in [0.2, 0.25) is 5.91 Å². The molecule has 0 saturated carbocycles. The van der Waals surface area contributed by atoms with Crippen molar-refractivity contribution in [1.29, 1.82) is 0 Å². The lowest BCUT2D eigenvalue weighted by Crippen LogP contribution is -2.33. The summed E-state index contributed by atoms with van der Waals surface area (Å²) in [7, 11) is 0. The second kappa shape index (κ2) is 4.47. The smallest absolute Gasteiger partial charge is 0.243 e. The fourth-order valence-electron chi connectivity index (χ4n) is 2.01. The third-order valence-corrected chi connectivity index (χ3v) is 2.98. The lowest BCUT2D eigenvalue weighted by molar-refractivity contribution is -0.116. The molecule has 0 fully saturated rings. The molecule has 0 aliphatic carbocycles. The molecule has 1 aromatic heterocycles. The predicted molar refractivity (Wildman–Crippen MR) is 59.8 cm³/mol. The number of rotatable bonds is 3. The van der Waals surface area contributed by atoms with E-state index >= 15 is 0 Å². The Labute approximate surface area is 94.6 Å². The molecule has 1 aromatic rings. The quantitative estimate of drug-likeness (QED) is 0.752. The highest BCUT2D eigenvalue weighted by Crippen LogP contribution is 2.18. The molecular formula is C11H16N4O. The van der Waals surface area contributed by atoms with Gasteiger partial charge in [-0.1, -0.05) is 6.58 Å². The van der Waals surface area contributed by atoms with Crippen molar-refractivity contribution in [3.63, 3.8) is 0 Å². The molecule has 1 atom stereocenters. The van der Waals surface area contributed by atoms with E-state index in [9.17, 15) is 4.79 Å². The molecular weight excluding hydrogens is 204 g/mol. The first-order chi connectivity index (χ1) is 7.70. The number of fused-ring (bicyclic) bond motifs is 1. The summed E-state index contributed by atoms with van der Waals surface area (Å²) in [5.74, 6) is 2.37. The molecule has 86 valence electrons. The van der Waals surface area contributed by atoms with Gasteiger partial charge < -0.3 is 9.88 Å². The highest BCUT2D eigenvalue weighted by molar-refractivity contribution is 5.86. The zero-order valence-corrected chi connectivity index (χ0v) is 9.44. The Morgan fingerprint density at radius 2 is 2.50 bits per heavy atom. The molecule has 16 heavy (non-hydrogen) atoms. The second-order valence-corrected chi connectivity index (χ2v) is 4.13. The number of carbonyl (C=O) groups excluding carboxylic acids is 1. The Hall–Kier alpha value is -1.65. The lowest BCUT2D eigenvalue weighted by atomic mass is 9.99. The van der Waals surface area contributed by atoms with Crippen LogP contribution in [0.25, 0.3) is 0 Å². The lowest BCUT2D eigenvalue weighted by Gasteiger charge is -2.23. The Balaban J connectivity index is 1.94. The van der Waals surface area contributed by atoms with Crippen LogP contribution in [0.3, 0.4) is 0 Å². The van der Waals surface area contributed by atoms with Gasteiger partial charge >= 0.3 is 0 Å². The third-order valence-electron chi connectivity index (χ3n) is 2.98. The zero-order valence-electron chi connectivity index (χ0n) is 9.44. The van der Waals surface area contributed by atoms with Crippen molar-refractivity contribution in [3.05, 3.63) is 24.3 Å². The molecule has 1 aliphatic rings. The van der Waals surface area contributed by atoms with Crippen LogP contribution >= 0.6 is 0 Å². The van der Waals surface area contributed by atoms with Crippen molar-refractivity contribution in [2.45, 2.75) is 26.3 Å². The summed E-state index contributed by atoms with van der Waals surface area (Å²) >= 11 is 0. The van der Waals surface area contributed by atoms with Crippen LogP contribution in [0.1, 0.15) is 18.1 Å². The van der Waals surface area contributed by atoms with Crippen LogP contribution in [0.15, 0.2) is 12.7 Å². The molecule has 2 rings (SSSR count). The van der Waals surface area contributed by atoms with E-state index in [1.165, 1.54) is 6.08 Å². The van der Waals surface area contributed by atoms with E-state index in [4.69, 9.17) is 0 Å². The van der Waals surface area contributed by atoms with Gasteiger partial charge in [0.05, 0.1) is 0 Å². The summed E-state index contributed by atoms with van der Waals surface area (Å²) in [5, 5.41) is 11.0. The van der Waals surface area contributed by atoms with Gasteiger partial charge in [0.25, 0.3) is 0 Å². The molecule has 2 heterocycles. The first-order valence-corrected chi connectivity index (χ1v) is 5.49. The van der Waals surface area contributed by atoms with Gasteiger partial charge in [0.1, 0.15) is 11.6 Å². The number of hydrogen-bond donors (Lipinski definition) is 1. The third kappa shape index (κ3) is 2.13. The summed E-state index contributed by atoms with van der Waals surface area (Å²) in [4.78, 5) is 11.1. The summed E-state index contributed by atoms with van der Waals surface area (Å²) in [6.07, 6.45) is 3.29. The molecule has 5 heteroatoms. The van der Waals surface area contributed by atoms with Gasteiger partial charge in [-0.15, -0.1) is 10.2 Å². The SMILES string of the molecule is C=CC(=O)NCC1CCc2nnc(C)n2C1. The highest BCUT2D eigenvalue weighted by Gasteiger charge is 2.21. The van der Waals surface area contributed by atoms with Crippen molar-refractivity contribution >= 4 is 5.91 Å². The van der Waals surface area contributed by atoms with Crippen LogP contribution in [0.5, 0.6) is 0 Å². The van der Waals surface area contributed by atoms with E-state index in [-0.39, 0.29) is 5.91 Å². The summed E-state index contributed by atoms with van der Waals surface area (Å²) in [6.45, 7) is 6.98. The average Bonchev–Trinajstić information content (AvgIpc) is 2.68. The van der Waals surface area contributed by atoms with Crippen LogP contribution in [0, 0.1) is 12.8 Å². The van der Waals surface area contributed by atoms with Crippen LogP contribution in [-0.2, 0) is 17.8 Å². The minimum atomic E-state index is -0.105. The number of nitrogens with one attached hydrogen (secondary N) is 1. The Morgan fingerprint density at radius 1 is 1.69 bits per heavy atom. The normalized spacial score (nSPS) is 18.9. The number of carbonyl (C=O) groups is 1. The van der Waals surface area contributed by atoms with Crippen molar-refractivity contribution < 1.29 is 4.79 Å². The van der Waals surface area contributed by atoms with Gasteiger partial charge in [0, 0.05) is 19.5 Å². The van der Waals surface area contributed by atoms with E-state index < -0.39 is 0 Å². The minimum absolute atomic E-state index is 0.105. The van der Waals surface area contributed by atoms with Gasteiger partial charge in [-0.25, -0.2) is 0 Å².